The molecule has 2 N–H and O–H groups in total. The van der Waals surface area contributed by atoms with E-state index in [1.54, 1.807) is 21.0 Å². The summed E-state index contributed by atoms with van der Waals surface area (Å²) in [7, 11) is 1.57. The van der Waals surface area contributed by atoms with Gasteiger partial charge in [0.25, 0.3) is 0 Å². The SMILES string of the molecule is COC1=C[C@]23CCCN2CCc2cc4c(cc2[C@@H]3C1OC(=O)[C@@](O)(CCCC(C)(C)O)CC(=O)OCC1(C)CC1)OCO4. The minimum Gasteiger partial charge on any atom is -0.497 e. The third-order valence-corrected chi connectivity index (χ3v) is 10.1. The first-order chi connectivity index (χ1) is 20.3. The molecule has 43 heavy (non-hydrogen) atoms. The van der Waals surface area contributed by atoms with Gasteiger partial charge in [0.1, 0.15) is 5.76 Å². The molecule has 0 amide bonds. The van der Waals surface area contributed by atoms with E-state index in [-0.39, 0.29) is 31.2 Å². The van der Waals surface area contributed by atoms with Gasteiger partial charge in [-0.2, -0.15) is 0 Å². The molecule has 1 saturated heterocycles. The van der Waals surface area contributed by atoms with Crippen molar-refractivity contribution < 1.29 is 43.5 Å². The summed E-state index contributed by atoms with van der Waals surface area (Å²) in [5.41, 5.74) is -1.45. The number of rotatable bonds is 11. The van der Waals surface area contributed by atoms with Crippen LogP contribution < -0.4 is 9.47 Å². The van der Waals surface area contributed by atoms with Gasteiger partial charge in [0.2, 0.25) is 6.79 Å². The molecule has 1 aromatic rings. The van der Waals surface area contributed by atoms with E-state index in [0.29, 0.717) is 30.1 Å². The van der Waals surface area contributed by atoms with Crippen LogP contribution in [0.3, 0.4) is 0 Å². The van der Waals surface area contributed by atoms with Crippen molar-refractivity contribution in [3.05, 3.63) is 35.1 Å². The van der Waals surface area contributed by atoms with E-state index >= 15 is 0 Å². The van der Waals surface area contributed by atoms with Crippen molar-refractivity contribution in [3.63, 3.8) is 0 Å². The van der Waals surface area contributed by atoms with Gasteiger partial charge in [0, 0.05) is 12.0 Å². The van der Waals surface area contributed by atoms with Crippen molar-refractivity contribution in [1.29, 1.82) is 0 Å². The van der Waals surface area contributed by atoms with Crippen LogP contribution in [-0.4, -0.2) is 83.5 Å². The minimum atomic E-state index is -2.13. The average Bonchev–Trinajstić information content (AvgIpc) is 3.24. The van der Waals surface area contributed by atoms with Crippen molar-refractivity contribution in [2.45, 2.75) is 107 Å². The fourth-order valence-electron chi connectivity index (χ4n) is 7.30. The van der Waals surface area contributed by atoms with Gasteiger partial charge >= 0.3 is 11.9 Å². The van der Waals surface area contributed by atoms with Gasteiger partial charge in [-0.25, -0.2) is 4.79 Å². The zero-order valence-electron chi connectivity index (χ0n) is 25.8. The number of ether oxygens (including phenoxy) is 5. The summed E-state index contributed by atoms with van der Waals surface area (Å²) in [5, 5.41) is 22.1. The molecule has 10 heteroatoms. The van der Waals surface area contributed by atoms with Crippen LogP contribution in [0.1, 0.15) is 89.2 Å². The molecule has 236 valence electrons. The standard InChI is InChI=1S/C33H45NO9/c1-30(2,37)8-5-10-33(38,18-26(35)40-19-31(3)11-12-31)29(36)43-28-25(39-4)17-32-9-6-13-34(32)14-7-21-15-23-24(42-20-41-23)16-22(21)27(28)32/h15-17,27-28,37-38H,5-14,18-20H2,1-4H3/t27-,28?,32+,33-/m1/s1. The summed E-state index contributed by atoms with van der Waals surface area (Å²) in [6.07, 6.45) is 5.98. The minimum absolute atomic E-state index is 0.0273. The smallest absolute Gasteiger partial charge is 0.339 e. The molecule has 5 aliphatic rings. The summed E-state index contributed by atoms with van der Waals surface area (Å²) in [6.45, 7) is 7.55. The Morgan fingerprint density at radius 3 is 2.53 bits per heavy atom. The van der Waals surface area contributed by atoms with Crippen molar-refractivity contribution >= 4 is 11.9 Å². The van der Waals surface area contributed by atoms with Crippen LogP contribution in [0.5, 0.6) is 11.5 Å². The summed E-state index contributed by atoms with van der Waals surface area (Å²) in [6, 6.07) is 4.03. The quantitative estimate of drug-likeness (QED) is 0.364. The van der Waals surface area contributed by atoms with Gasteiger partial charge < -0.3 is 33.9 Å². The zero-order valence-corrected chi connectivity index (χ0v) is 25.8. The van der Waals surface area contributed by atoms with Crippen LogP contribution in [-0.2, 0) is 30.2 Å². The lowest BCUT2D eigenvalue weighted by molar-refractivity contribution is -0.179. The third-order valence-electron chi connectivity index (χ3n) is 10.1. The molecule has 6 rings (SSSR count). The van der Waals surface area contributed by atoms with Crippen molar-refractivity contribution in [2.75, 3.05) is 33.6 Å². The van der Waals surface area contributed by atoms with Crippen molar-refractivity contribution in [1.82, 2.24) is 4.90 Å². The number of esters is 2. The molecule has 10 nitrogen and oxygen atoms in total. The van der Waals surface area contributed by atoms with E-state index in [0.717, 1.165) is 56.3 Å². The second kappa shape index (κ2) is 11.0. The summed E-state index contributed by atoms with van der Waals surface area (Å²) in [5.74, 6) is 0.0596. The summed E-state index contributed by atoms with van der Waals surface area (Å²) < 4.78 is 29.1. The number of carbonyl (C=O) groups excluding carboxylic acids is 2. The lowest BCUT2D eigenvalue weighted by Gasteiger charge is -2.39. The highest BCUT2D eigenvalue weighted by Crippen LogP contribution is 2.56. The number of hydrogen-bond donors (Lipinski definition) is 2. The number of aliphatic hydroxyl groups is 2. The van der Waals surface area contributed by atoms with E-state index in [2.05, 4.69) is 11.0 Å². The van der Waals surface area contributed by atoms with E-state index in [4.69, 9.17) is 23.7 Å². The molecule has 1 spiro atoms. The molecule has 0 radical (unpaired) electrons. The average molecular weight is 600 g/mol. The van der Waals surface area contributed by atoms with Crippen molar-refractivity contribution in [2.24, 2.45) is 5.41 Å². The molecular weight excluding hydrogens is 554 g/mol. The predicted octanol–water partition coefficient (Wildman–Crippen LogP) is 3.75. The van der Waals surface area contributed by atoms with Gasteiger partial charge in [-0.1, -0.05) is 6.92 Å². The van der Waals surface area contributed by atoms with Gasteiger partial charge in [0.15, 0.2) is 23.2 Å². The van der Waals surface area contributed by atoms with Crippen LogP contribution in [0.4, 0.5) is 0 Å². The Bertz CT molecular complexity index is 1300. The number of nitrogens with zero attached hydrogens (tertiary/aromatic N) is 1. The van der Waals surface area contributed by atoms with E-state index < -0.39 is 41.2 Å². The fourth-order valence-corrected chi connectivity index (χ4v) is 7.30. The summed E-state index contributed by atoms with van der Waals surface area (Å²) in [4.78, 5) is 29.4. The van der Waals surface area contributed by atoms with Crippen LogP contribution in [0.2, 0.25) is 0 Å². The Balaban J connectivity index is 1.30. The maximum atomic E-state index is 14.1. The maximum absolute atomic E-state index is 14.1. The molecule has 2 aliphatic carbocycles. The van der Waals surface area contributed by atoms with Crippen LogP contribution in [0.25, 0.3) is 0 Å². The molecule has 2 fully saturated rings. The first-order valence-electron chi connectivity index (χ1n) is 15.6. The largest absolute Gasteiger partial charge is 0.497 e. The molecule has 1 unspecified atom stereocenters. The topological polar surface area (TPSA) is 124 Å². The fraction of sp³-hybridized carbons (Fsp3) is 0.697. The number of methoxy groups -OCH3 is 1. The number of fused-ring (bicyclic) bond motifs is 3. The molecule has 4 atom stereocenters. The maximum Gasteiger partial charge on any atom is 0.339 e. The van der Waals surface area contributed by atoms with E-state index in [1.165, 1.54) is 0 Å². The van der Waals surface area contributed by atoms with E-state index in [1.807, 2.05) is 19.1 Å². The predicted molar refractivity (Wildman–Crippen MR) is 156 cm³/mol. The van der Waals surface area contributed by atoms with Gasteiger partial charge in [0.05, 0.1) is 37.2 Å². The Morgan fingerprint density at radius 1 is 1.09 bits per heavy atom. The highest BCUT2D eigenvalue weighted by atomic mass is 16.7. The van der Waals surface area contributed by atoms with Crippen LogP contribution >= 0.6 is 0 Å². The third kappa shape index (κ3) is 5.85. The Hall–Kier alpha value is -2.82. The van der Waals surface area contributed by atoms with Gasteiger partial charge in [-0.15, -0.1) is 0 Å². The van der Waals surface area contributed by atoms with Gasteiger partial charge in [-0.05, 0) is 101 Å². The highest BCUT2D eigenvalue weighted by Gasteiger charge is 2.59. The first-order valence-corrected chi connectivity index (χ1v) is 15.6. The lowest BCUT2D eigenvalue weighted by atomic mass is 9.77. The van der Waals surface area contributed by atoms with Crippen LogP contribution in [0, 0.1) is 5.41 Å². The zero-order chi connectivity index (χ0) is 30.6. The lowest BCUT2D eigenvalue weighted by Crippen LogP contribution is -2.49. The highest BCUT2D eigenvalue weighted by molar-refractivity contribution is 5.86. The number of hydrogen-bond acceptors (Lipinski definition) is 10. The Labute approximate surface area is 253 Å². The Morgan fingerprint density at radius 2 is 1.84 bits per heavy atom. The van der Waals surface area contributed by atoms with Crippen molar-refractivity contribution in [3.8, 4) is 11.5 Å². The number of carbonyl (C=O) groups is 2. The molecular formula is C33H45NO9. The Kier molecular flexibility index (Phi) is 7.70. The molecule has 3 heterocycles. The molecule has 1 saturated carbocycles. The second-order valence-electron chi connectivity index (χ2n) is 14.1. The second-order valence-corrected chi connectivity index (χ2v) is 14.1. The molecule has 0 aromatic heterocycles. The first kappa shape index (κ1) is 30.2. The van der Waals surface area contributed by atoms with E-state index in [9.17, 15) is 19.8 Å². The normalized spacial score (nSPS) is 28.1. The van der Waals surface area contributed by atoms with Crippen LogP contribution in [0.15, 0.2) is 24.0 Å². The molecule has 3 aliphatic heterocycles. The monoisotopic (exact) mass is 599 g/mol. The molecule has 1 aromatic carbocycles. The molecule has 0 bridgehead atoms. The summed E-state index contributed by atoms with van der Waals surface area (Å²) >= 11 is 0. The van der Waals surface area contributed by atoms with Gasteiger partial charge in [-0.3, -0.25) is 9.69 Å². The number of benzene rings is 1.